The second kappa shape index (κ2) is 6.79. The minimum Gasteiger partial charge on any atom is -0.384 e. The van der Waals surface area contributed by atoms with E-state index in [4.69, 9.17) is 18.0 Å². The molecule has 6 heteroatoms. The van der Waals surface area contributed by atoms with Crippen LogP contribution in [-0.4, -0.2) is 10.8 Å². The smallest absolute Gasteiger partial charge is 0.180 e. The molecule has 2 unspecified atom stereocenters. The van der Waals surface area contributed by atoms with Crippen LogP contribution >= 0.6 is 12.2 Å². The Balaban J connectivity index is 2.43. The Labute approximate surface area is 156 Å². The molecule has 0 bridgehead atoms. The molecule has 1 aliphatic rings. The Morgan fingerprint density at radius 2 is 1.65 bits per heavy atom. The van der Waals surface area contributed by atoms with Crippen molar-refractivity contribution in [1.82, 2.24) is 5.32 Å². The van der Waals surface area contributed by atoms with Crippen molar-refractivity contribution in [3.63, 3.8) is 0 Å². The zero-order chi connectivity index (χ0) is 18.7. The molecule has 0 saturated carbocycles. The number of ketones is 1. The molecule has 0 fully saturated rings. The van der Waals surface area contributed by atoms with E-state index in [2.05, 4.69) is 11.4 Å². The maximum Gasteiger partial charge on any atom is 0.180 e. The lowest BCUT2D eigenvalue weighted by Gasteiger charge is -2.40. The molecule has 2 aromatic rings. The molecular formula is C20H14N4OS. The highest BCUT2D eigenvalue weighted by atomic mass is 32.1. The molecule has 5 nitrogen and oxygen atoms in total. The number of nitriles is 2. The summed E-state index contributed by atoms with van der Waals surface area (Å²) >= 11 is 5.31. The van der Waals surface area contributed by atoms with Crippen LogP contribution in [-0.2, 0) is 5.41 Å². The standard InChI is InChI=1S/C20H14N4OS/c21-11-15-18(23)24-19(26)16(12-22)20(15,14-9-5-2-6-10-14)17(25)13-7-3-1-4-8-13/h1-10,16H,23H2,(H,24,26). The lowest BCUT2D eigenvalue weighted by Crippen LogP contribution is -2.55. The topological polar surface area (TPSA) is 103 Å². The van der Waals surface area contributed by atoms with Gasteiger partial charge in [-0.15, -0.1) is 0 Å². The van der Waals surface area contributed by atoms with Crippen molar-refractivity contribution in [2.45, 2.75) is 5.41 Å². The van der Waals surface area contributed by atoms with E-state index in [9.17, 15) is 15.3 Å². The van der Waals surface area contributed by atoms with Crippen molar-refractivity contribution in [1.29, 1.82) is 10.5 Å². The quantitative estimate of drug-likeness (QED) is 0.646. The van der Waals surface area contributed by atoms with Crippen molar-refractivity contribution >= 4 is 23.0 Å². The first-order valence-electron chi connectivity index (χ1n) is 7.83. The van der Waals surface area contributed by atoms with E-state index in [1.165, 1.54) is 0 Å². The summed E-state index contributed by atoms with van der Waals surface area (Å²) in [7, 11) is 0. The maximum atomic E-state index is 13.7. The highest BCUT2D eigenvalue weighted by Crippen LogP contribution is 2.45. The summed E-state index contributed by atoms with van der Waals surface area (Å²) in [5.74, 6) is -1.45. The number of allylic oxidation sites excluding steroid dienone is 1. The van der Waals surface area contributed by atoms with Gasteiger partial charge in [0.1, 0.15) is 22.1 Å². The first-order valence-corrected chi connectivity index (χ1v) is 8.24. The molecule has 26 heavy (non-hydrogen) atoms. The van der Waals surface area contributed by atoms with Gasteiger partial charge in [0.25, 0.3) is 0 Å². The maximum absolute atomic E-state index is 13.7. The Hall–Kier alpha value is -3.48. The number of nitrogens with two attached hydrogens (primary N) is 1. The molecule has 3 rings (SSSR count). The van der Waals surface area contributed by atoms with Gasteiger partial charge < -0.3 is 11.1 Å². The highest BCUT2D eigenvalue weighted by Gasteiger charge is 2.56. The predicted molar refractivity (Wildman–Crippen MR) is 101 cm³/mol. The third kappa shape index (κ3) is 2.45. The minimum atomic E-state index is -1.60. The fourth-order valence-corrected chi connectivity index (χ4v) is 3.67. The molecule has 0 aromatic heterocycles. The van der Waals surface area contributed by atoms with E-state index in [1.54, 1.807) is 60.7 Å². The molecule has 0 aliphatic carbocycles. The van der Waals surface area contributed by atoms with E-state index in [0.29, 0.717) is 11.1 Å². The van der Waals surface area contributed by atoms with Gasteiger partial charge >= 0.3 is 0 Å². The average Bonchev–Trinajstić information content (AvgIpc) is 2.68. The molecule has 1 aliphatic heterocycles. The van der Waals surface area contributed by atoms with Crippen LogP contribution in [0.3, 0.4) is 0 Å². The number of carbonyl (C=O) groups is 1. The number of carbonyl (C=O) groups excluding carboxylic acids is 1. The molecule has 2 atom stereocenters. The fourth-order valence-electron chi connectivity index (χ4n) is 3.33. The summed E-state index contributed by atoms with van der Waals surface area (Å²) in [6.07, 6.45) is 0. The van der Waals surface area contributed by atoms with Gasteiger partial charge in [-0.2, -0.15) is 10.5 Å². The number of benzene rings is 2. The summed E-state index contributed by atoms with van der Waals surface area (Å²) in [6, 6.07) is 21.4. The van der Waals surface area contributed by atoms with Crippen LogP contribution < -0.4 is 11.1 Å². The Bertz CT molecular complexity index is 986. The summed E-state index contributed by atoms with van der Waals surface area (Å²) in [5, 5.41) is 22.4. The highest BCUT2D eigenvalue weighted by molar-refractivity contribution is 7.80. The van der Waals surface area contributed by atoms with Gasteiger partial charge in [-0.1, -0.05) is 72.9 Å². The largest absolute Gasteiger partial charge is 0.384 e. The van der Waals surface area contributed by atoms with Crippen molar-refractivity contribution in [3.8, 4) is 12.1 Å². The van der Waals surface area contributed by atoms with Crippen LogP contribution in [0.2, 0.25) is 0 Å². The Kier molecular flexibility index (Phi) is 4.53. The average molecular weight is 358 g/mol. The van der Waals surface area contributed by atoms with E-state index < -0.39 is 11.3 Å². The van der Waals surface area contributed by atoms with Crippen LogP contribution in [0.5, 0.6) is 0 Å². The molecule has 2 aromatic carbocycles. The van der Waals surface area contributed by atoms with E-state index >= 15 is 0 Å². The number of nitrogens with zero attached hydrogens (tertiary/aromatic N) is 2. The fraction of sp³-hybridized carbons (Fsp3) is 0.100. The van der Waals surface area contributed by atoms with Crippen LogP contribution in [0.15, 0.2) is 72.1 Å². The lowest BCUT2D eigenvalue weighted by molar-refractivity contribution is 0.0895. The van der Waals surface area contributed by atoms with Crippen LogP contribution in [0, 0.1) is 28.6 Å². The van der Waals surface area contributed by atoms with Crippen molar-refractivity contribution in [2.24, 2.45) is 11.7 Å². The van der Waals surface area contributed by atoms with E-state index in [-0.39, 0.29) is 22.2 Å². The van der Waals surface area contributed by atoms with E-state index in [0.717, 1.165) is 0 Å². The SMILES string of the molecule is N#CC1=C(N)NC(=S)C(C#N)C1(C(=O)c1ccccc1)c1ccccc1. The minimum absolute atomic E-state index is 0.00213. The van der Waals surface area contributed by atoms with Crippen LogP contribution in [0.25, 0.3) is 0 Å². The molecular weight excluding hydrogens is 344 g/mol. The monoisotopic (exact) mass is 358 g/mol. The van der Waals surface area contributed by atoms with Crippen molar-refractivity contribution < 1.29 is 4.79 Å². The zero-order valence-electron chi connectivity index (χ0n) is 13.6. The van der Waals surface area contributed by atoms with Crippen LogP contribution in [0.1, 0.15) is 15.9 Å². The van der Waals surface area contributed by atoms with Gasteiger partial charge in [0.05, 0.1) is 17.7 Å². The molecule has 126 valence electrons. The predicted octanol–water partition coefficient (Wildman–Crippen LogP) is 2.57. The van der Waals surface area contributed by atoms with E-state index in [1.807, 2.05) is 6.07 Å². The van der Waals surface area contributed by atoms with Crippen molar-refractivity contribution in [3.05, 3.63) is 83.2 Å². The summed E-state index contributed by atoms with van der Waals surface area (Å²) in [4.78, 5) is 13.8. The van der Waals surface area contributed by atoms with Gasteiger partial charge in [0, 0.05) is 5.56 Å². The number of Topliss-reactive ketones (excluding diaryl/α,β-unsaturated/α-hetero) is 1. The van der Waals surface area contributed by atoms with Gasteiger partial charge in [-0.25, -0.2) is 0 Å². The molecule has 0 saturated heterocycles. The number of nitrogens with one attached hydrogen (secondary N) is 1. The van der Waals surface area contributed by atoms with Gasteiger partial charge in [0.2, 0.25) is 0 Å². The Morgan fingerprint density at radius 1 is 1.08 bits per heavy atom. The second-order valence-electron chi connectivity index (χ2n) is 5.82. The zero-order valence-corrected chi connectivity index (χ0v) is 14.5. The van der Waals surface area contributed by atoms with Gasteiger partial charge in [-0.3, -0.25) is 4.79 Å². The van der Waals surface area contributed by atoms with Gasteiger partial charge in [0.15, 0.2) is 5.78 Å². The number of rotatable bonds is 3. The summed E-state index contributed by atoms with van der Waals surface area (Å²) < 4.78 is 0. The molecule has 1 heterocycles. The molecule has 3 N–H and O–H groups in total. The summed E-state index contributed by atoms with van der Waals surface area (Å²) in [5.41, 5.74) is 5.30. The summed E-state index contributed by atoms with van der Waals surface area (Å²) in [6.45, 7) is 0. The third-order valence-corrected chi connectivity index (χ3v) is 4.82. The van der Waals surface area contributed by atoms with Crippen molar-refractivity contribution in [2.75, 3.05) is 0 Å². The number of hydrogen-bond donors (Lipinski definition) is 2. The molecule has 0 amide bonds. The Morgan fingerprint density at radius 3 is 2.19 bits per heavy atom. The normalized spacial score (nSPS) is 22.1. The third-order valence-electron chi connectivity index (χ3n) is 4.48. The second-order valence-corrected chi connectivity index (χ2v) is 6.26. The molecule has 0 radical (unpaired) electrons. The first kappa shape index (κ1) is 17.3. The first-order chi connectivity index (χ1) is 12.6. The van der Waals surface area contributed by atoms with Gasteiger partial charge in [-0.05, 0) is 5.56 Å². The lowest BCUT2D eigenvalue weighted by atomic mass is 9.60. The molecule has 0 spiro atoms. The number of thiocarbonyl (C=S) groups is 1. The number of hydrogen-bond acceptors (Lipinski definition) is 5. The van der Waals surface area contributed by atoms with Crippen LogP contribution in [0.4, 0.5) is 0 Å².